The number of nitrogens with zero attached hydrogens (tertiary/aromatic N) is 1. The van der Waals surface area contributed by atoms with Gasteiger partial charge in [-0.15, -0.1) is 0 Å². The second-order valence-electron chi connectivity index (χ2n) is 10.3. The molecule has 2 amide bonds. The Bertz CT molecular complexity index is 1400. The molecule has 2 heterocycles. The quantitative estimate of drug-likeness (QED) is 0.298. The summed E-state index contributed by atoms with van der Waals surface area (Å²) in [6.07, 6.45) is 0.00173. The highest BCUT2D eigenvalue weighted by Gasteiger charge is 2.67. The number of hydrogen-bond acceptors (Lipinski definition) is 7. The fraction of sp³-hybridized carbons (Fsp3) is 0.333. The van der Waals surface area contributed by atoms with Crippen molar-refractivity contribution >= 4 is 40.1 Å². The molecule has 0 aromatic heterocycles. The molecule has 8 nitrogen and oxygen atoms in total. The van der Waals surface area contributed by atoms with Crippen LogP contribution in [0.4, 0.5) is 5.69 Å². The highest BCUT2D eigenvalue weighted by Crippen LogP contribution is 2.59. The zero-order valence-electron chi connectivity index (χ0n) is 21.2. The standard InChI is InChI=1S/C30H28INO7/c1-37-25-13-17(12-23(31)27(25)33)24-15-22-26-21(28(34)32(29(26)35)19-8-4-2-5-9-19)14-18(30(22,36)39-24)16-38-20-10-6-3-7-11-20/h2-13,18,21-22,24,26,33,36H,14-16H2,1H3/t18-,21+,22+,24+,26+,30-/m1/s1. The fourth-order valence-electron chi connectivity index (χ4n) is 6.36. The van der Waals surface area contributed by atoms with Crippen molar-refractivity contribution in [3.8, 4) is 17.2 Å². The summed E-state index contributed by atoms with van der Waals surface area (Å²) in [6, 6.07) is 21.7. The molecule has 0 radical (unpaired) electrons. The maximum atomic E-state index is 13.8. The van der Waals surface area contributed by atoms with Crippen molar-refractivity contribution in [2.24, 2.45) is 23.7 Å². The number of phenols is 1. The van der Waals surface area contributed by atoms with Crippen LogP contribution >= 0.6 is 22.6 Å². The smallest absolute Gasteiger partial charge is 0.238 e. The minimum atomic E-state index is -1.69. The van der Waals surface area contributed by atoms with E-state index >= 15 is 0 Å². The Labute approximate surface area is 239 Å². The summed E-state index contributed by atoms with van der Waals surface area (Å²) in [7, 11) is 1.47. The molecule has 9 heteroatoms. The highest BCUT2D eigenvalue weighted by molar-refractivity contribution is 14.1. The number of para-hydroxylation sites is 2. The molecule has 39 heavy (non-hydrogen) atoms. The van der Waals surface area contributed by atoms with Gasteiger partial charge in [0.1, 0.15) is 5.75 Å². The Balaban J connectivity index is 1.37. The molecular formula is C30H28INO7. The molecule has 1 aliphatic carbocycles. The Kier molecular flexibility index (Phi) is 6.76. The van der Waals surface area contributed by atoms with Gasteiger partial charge in [-0.2, -0.15) is 0 Å². The molecule has 1 saturated carbocycles. The third-order valence-electron chi connectivity index (χ3n) is 8.22. The molecule has 0 unspecified atom stereocenters. The molecule has 202 valence electrons. The van der Waals surface area contributed by atoms with Crippen LogP contribution < -0.4 is 14.4 Å². The van der Waals surface area contributed by atoms with Gasteiger partial charge in [-0.05, 0) is 77.4 Å². The van der Waals surface area contributed by atoms with E-state index in [2.05, 4.69) is 0 Å². The number of anilines is 1. The summed E-state index contributed by atoms with van der Waals surface area (Å²) in [5.41, 5.74) is 1.24. The average Bonchev–Trinajstić information content (AvgIpc) is 3.43. The third-order valence-corrected chi connectivity index (χ3v) is 9.04. The molecule has 2 aliphatic heterocycles. The van der Waals surface area contributed by atoms with E-state index in [0.29, 0.717) is 32.7 Å². The zero-order valence-corrected chi connectivity index (χ0v) is 23.4. The molecule has 0 spiro atoms. The number of phenolic OH excluding ortho intramolecular Hbond substituents is 1. The summed E-state index contributed by atoms with van der Waals surface area (Å²) >= 11 is 2.02. The number of benzene rings is 3. The van der Waals surface area contributed by atoms with Crippen molar-refractivity contribution in [1.82, 2.24) is 0 Å². The lowest BCUT2D eigenvalue weighted by molar-refractivity contribution is -0.272. The minimum Gasteiger partial charge on any atom is -0.504 e. The first-order chi connectivity index (χ1) is 18.8. The van der Waals surface area contributed by atoms with Gasteiger partial charge in [-0.25, -0.2) is 0 Å². The SMILES string of the molecule is COc1cc([C@@H]2C[C@H]3[C@H]4C(=O)N(c5ccccc5)C(=O)[C@H]4C[C@H](COc4ccccc4)[C@@]3(O)O2)cc(I)c1O. The lowest BCUT2D eigenvalue weighted by atomic mass is 9.64. The Morgan fingerprint density at radius 3 is 2.41 bits per heavy atom. The number of carbonyl (C=O) groups is 2. The molecular weight excluding hydrogens is 613 g/mol. The van der Waals surface area contributed by atoms with Gasteiger partial charge in [0.05, 0.1) is 40.9 Å². The number of methoxy groups -OCH3 is 1. The number of ether oxygens (including phenoxy) is 3. The van der Waals surface area contributed by atoms with Crippen LogP contribution in [0.3, 0.4) is 0 Å². The lowest BCUT2D eigenvalue weighted by Gasteiger charge is -2.44. The van der Waals surface area contributed by atoms with Crippen LogP contribution in [0.5, 0.6) is 17.2 Å². The summed E-state index contributed by atoms with van der Waals surface area (Å²) in [6.45, 7) is 0.121. The molecule has 0 bridgehead atoms. The predicted molar refractivity (Wildman–Crippen MR) is 150 cm³/mol. The predicted octanol–water partition coefficient (Wildman–Crippen LogP) is 4.68. The molecule has 3 aromatic rings. The number of halogens is 1. The van der Waals surface area contributed by atoms with Crippen molar-refractivity contribution < 1.29 is 34.0 Å². The second-order valence-corrected chi connectivity index (χ2v) is 11.5. The average molecular weight is 641 g/mol. The number of rotatable bonds is 6. The number of hydrogen-bond donors (Lipinski definition) is 2. The van der Waals surface area contributed by atoms with Crippen LogP contribution in [0.15, 0.2) is 72.8 Å². The largest absolute Gasteiger partial charge is 0.504 e. The van der Waals surface area contributed by atoms with E-state index in [1.54, 1.807) is 36.4 Å². The van der Waals surface area contributed by atoms with Crippen molar-refractivity contribution in [3.05, 3.63) is 81.9 Å². The van der Waals surface area contributed by atoms with Gasteiger partial charge in [-0.3, -0.25) is 14.5 Å². The lowest BCUT2D eigenvalue weighted by Crippen LogP contribution is -2.55. The summed E-state index contributed by atoms with van der Waals surface area (Å²) < 4.78 is 18.4. The van der Waals surface area contributed by atoms with Gasteiger partial charge < -0.3 is 24.4 Å². The number of carbonyl (C=O) groups excluding carboxylic acids is 2. The molecule has 6 atom stereocenters. The van der Waals surface area contributed by atoms with Crippen LogP contribution in [-0.4, -0.2) is 41.5 Å². The van der Waals surface area contributed by atoms with Gasteiger partial charge in [0.25, 0.3) is 0 Å². The summed E-state index contributed by atoms with van der Waals surface area (Å²) in [4.78, 5) is 28.8. The molecule has 3 fully saturated rings. The first kappa shape index (κ1) is 26.1. The maximum absolute atomic E-state index is 13.8. The Hall–Kier alpha value is -3.15. The van der Waals surface area contributed by atoms with Gasteiger partial charge in [0.2, 0.25) is 11.8 Å². The minimum absolute atomic E-state index is 0.0280. The van der Waals surface area contributed by atoms with E-state index in [4.69, 9.17) is 14.2 Å². The number of imide groups is 1. The Morgan fingerprint density at radius 2 is 1.72 bits per heavy atom. The Morgan fingerprint density at radius 1 is 1.03 bits per heavy atom. The van der Waals surface area contributed by atoms with Gasteiger partial charge in [0.15, 0.2) is 17.3 Å². The normalized spacial score (nSPS) is 29.7. The van der Waals surface area contributed by atoms with Crippen LogP contribution in [0.2, 0.25) is 0 Å². The number of aliphatic hydroxyl groups is 1. The third kappa shape index (κ3) is 4.36. The van der Waals surface area contributed by atoms with E-state index < -0.39 is 35.6 Å². The van der Waals surface area contributed by atoms with Crippen LogP contribution in [0, 0.1) is 27.2 Å². The molecule has 2 N–H and O–H groups in total. The van der Waals surface area contributed by atoms with Crippen LogP contribution in [0.25, 0.3) is 0 Å². The summed E-state index contributed by atoms with van der Waals surface area (Å²) in [5.74, 6) is -3.80. The first-order valence-corrected chi connectivity index (χ1v) is 14.0. The topological polar surface area (TPSA) is 106 Å². The highest BCUT2D eigenvalue weighted by atomic mass is 127. The van der Waals surface area contributed by atoms with Gasteiger partial charge in [-0.1, -0.05) is 36.4 Å². The van der Waals surface area contributed by atoms with Crippen molar-refractivity contribution in [3.63, 3.8) is 0 Å². The van der Waals surface area contributed by atoms with Crippen molar-refractivity contribution in [1.29, 1.82) is 0 Å². The van der Waals surface area contributed by atoms with E-state index in [0.717, 1.165) is 0 Å². The second kappa shape index (κ2) is 10.1. The monoisotopic (exact) mass is 641 g/mol. The molecule has 6 rings (SSSR count). The van der Waals surface area contributed by atoms with Crippen LogP contribution in [0.1, 0.15) is 24.5 Å². The maximum Gasteiger partial charge on any atom is 0.238 e. The van der Waals surface area contributed by atoms with E-state index in [-0.39, 0.29) is 30.6 Å². The van der Waals surface area contributed by atoms with E-state index in [1.165, 1.54) is 12.0 Å². The first-order valence-electron chi connectivity index (χ1n) is 12.9. The zero-order chi connectivity index (χ0) is 27.3. The van der Waals surface area contributed by atoms with Gasteiger partial charge in [0, 0.05) is 11.8 Å². The fourth-order valence-corrected chi connectivity index (χ4v) is 6.99. The number of aromatic hydroxyl groups is 1. The van der Waals surface area contributed by atoms with Crippen LogP contribution in [-0.2, 0) is 14.3 Å². The van der Waals surface area contributed by atoms with Gasteiger partial charge >= 0.3 is 0 Å². The summed E-state index contributed by atoms with van der Waals surface area (Å²) in [5, 5.41) is 22.5. The molecule has 3 aromatic carbocycles. The molecule has 2 saturated heterocycles. The van der Waals surface area contributed by atoms with Crippen molar-refractivity contribution in [2.75, 3.05) is 18.6 Å². The van der Waals surface area contributed by atoms with E-state index in [1.807, 2.05) is 59.0 Å². The number of amides is 2. The van der Waals surface area contributed by atoms with E-state index in [9.17, 15) is 19.8 Å². The number of fused-ring (bicyclic) bond motifs is 3. The van der Waals surface area contributed by atoms with Crippen molar-refractivity contribution in [2.45, 2.75) is 24.7 Å². The molecule has 3 aliphatic rings.